The minimum absolute atomic E-state index is 0.0191. The number of hydrogen-bond donors (Lipinski definition) is 1. The van der Waals surface area contributed by atoms with Crippen LogP contribution in [0.4, 0.5) is 0 Å². The highest BCUT2D eigenvalue weighted by Crippen LogP contribution is 2.21. The molecule has 2 aromatic carbocycles. The summed E-state index contributed by atoms with van der Waals surface area (Å²) in [5.41, 5.74) is 1.98. The third-order valence-corrected chi connectivity index (χ3v) is 6.47. The van der Waals surface area contributed by atoms with Crippen LogP contribution in [0.5, 0.6) is 0 Å². The number of carbonyl (C=O) groups is 2. The Bertz CT molecular complexity index is 849. The van der Waals surface area contributed by atoms with E-state index in [-0.39, 0.29) is 17.9 Å². The van der Waals surface area contributed by atoms with Gasteiger partial charge in [0.15, 0.2) is 0 Å². The highest BCUT2D eigenvalue weighted by molar-refractivity contribution is 6.31. The predicted molar refractivity (Wildman–Crippen MR) is 126 cm³/mol. The van der Waals surface area contributed by atoms with Gasteiger partial charge in [-0.15, -0.1) is 0 Å². The van der Waals surface area contributed by atoms with E-state index in [4.69, 9.17) is 11.6 Å². The summed E-state index contributed by atoms with van der Waals surface area (Å²) < 4.78 is 0. The van der Waals surface area contributed by atoms with Crippen molar-refractivity contribution < 1.29 is 9.59 Å². The van der Waals surface area contributed by atoms with Crippen LogP contribution in [0.15, 0.2) is 54.6 Å². The van der Waals surface area contributed by atoms with E-state index in [0.29, 0.717) is 30.8 Å². The molecule has 31 heavy (non-hydrogen) atoms. The van der Waals surface area contributed by atoms with Crippen LogP contribution in [0.2, 0.25) is 5.02 Å². The second kappa shape index (κ2) is 11.9. The molecule has 3 rings (SSSR count). The molecular weight excluding hydrogens is 408 g/mol. The summed E-state index contributed by atoms with van der Waals surface area (Å²) in [6.45, 7) is 2.41. The van der Waals surface area contributed by atoms with Crippen LogP contribution in [-0.4, -0.2) is 28.8 Å². The maximum atomic E-state index is 13.3. The van der Waals surface area contributed by atoms with Crippen molar-refractivity contribution in [3.8, 4) is 0 Å². The first-order valence-electron chi connectivity index (χ1n) is 11.5. The lowest BCUT2D eigenvalue weighted by atomic mass is 9.95. The Morgan fingerprint density at radius 2 is 1.71 bits per heavy atom. The molecule has 1 aliphatic rings. The number of carbonyl (C=O) groups excluding carboxylic acids is 2. The average molecular weight is 441 g/mol. The van der Waals surface area contributed by atoms with E-state index in [1.807, 2.05) is 61.5 Å². The van der Waals surface area contributed by atoms with Gasteiger partial charge in [-0.2, -0.15) is 0 Å². The molecule has 0 radical (unpaired) electrons. The second-order valence-corrected chi connectivity index (χ2v) is 8.77. The fraction of sp³-hybridized carbons (Fsp3) is 0.462. The van der Waals surface area contributed by atoms with Gasteiger partial charge in [-0.05, 0) is 42.9 Å². The fourth-order valence-electron chi connectivity index (χ4n) is 4.33. The Hall–Kier alpha value is -2.33. The van der Waals surface area contributed by atoms with Crippen molar-refractivity contribution in [2.45, 2.75) is 76.9 Å². The molecule has 0 unspecified atom stereocenters. The van der Waals surface area contributed by atoms with Gasteiger partial charge in [0.1, 0.15) is 6.04 Å². The zero-order valence-electron chi connectivity index (χ0n) is 18.4. The Kier molecular flexibility index (Phi) is 8.96. The minimum atomic E-state index is -0.471. The summed E-state index contributed by atoms with van der Waals surface area (Å²) in [5.74, 6) is -0.0501. The molecule has 0 spiro atoms. The van der Waals surface area contributed by atoms with Crippen LogP contribution < -0.4 is 5.32 Å². The lowest BCUT2D eigenvalue weighted by Gasteiger charge is -2.33. The molecular formula is C26H33ClN2O2. The van der Waals surface area contributed by atoms with E-state index >= 15 is 0 Å². The molecule has 0 saturated heterocycles. The smallest absolute Gasteiger partial charge is 0.243 e. The lowest BCUT2D eigenvalue weighted by molar-refractivity contribution is -0.141. The quantitative estimate of drug-likeness (QED) is 0.557. The van der Waals surface area contributed by atoms with E-state index in [2.05, 4.69) is 5.32 Å². The topological polar surface area (TPSA) is 49.4 Å². The van der Waals surface area contributed by atoms with Crippen LogP contribution in [-0.2, 0) is 22.6 Å². The van der Waals surface area contributed by atoms with E-state index in [0.717, 1.165) is 36.8 Å². The number of rotatable bonds is 9. The highest BCUT2D eigenvalue weighted by Gasteiger charge is 2.30. The summed E-state index contributed by atoms with van der Waals surface area (Å²) >= 11 is 6.28. The maximum Gasteiger partial charge on any atom is 0.243 e. The first-order chi connectivity index (χ1) is 15.1. The molecule has 2 aromatic rings. The van der Waals surface area contributed by atoms with Gasteiger partial charge >= 0.3 is 0 Å². The summed E-state index contributed by atoms with van der Waals surface area (Å²) in [6, 6.07) is 17.3. The van der Waals surface area contributed by atoms with E-state index in [1.165, 1.54) is 6.42 Å². The van der Waals surface area contributed by atoms with Gasteiger partial charge in [-0.25, -0.2) is 0 Å². The van der Waals surface area contributed by atoms with Gasteiger partial charge in [0.25, 0.3) is 0 Å². The number of nitrogens with one attached hydrogen (secondary N) is 1. The predicted octanol–water partition coefficient (Wildman–Crippen LogP) is 5.53. The first-order valence-corrected chi connectivity index (χ1v) is 11.8. The standard InChI is InChI=1S/C26H33ClN2O2/c1-2-24(26(31)28-22-14-7-4-8-15-22)29(19-20-11-5-3-6-12-20)25(30)18-17-21-13-9-10-16-23(21)27/h3,5-6,9-13,16,22,24H,2,4,7-8,14-15,17-19H2,1H3,(H,28,31)/t24-/m1/s1. The minimum Gasteiger partial charge on any atom is -0.352 e. The molecule has 166 valence electrons. The largest absolute Gasteiger partial charge is 0.352 e. The van der Waals surface area contributed by atoms with Gasteiger partial charge in [-0.1, -0.05) is 86.3 Å². The van der Waals surface area contributed by atoms with Crippen molar-refractivity contribution in [3.05, 3.63) is 70.7 Å². The summed E-state index contributed by atoms with van der Waals surface area (Å²) in [5, 5.41) is 3.89. The molecule has 1 fully saturated rings. The Morgan fingerprint density at radius 1 is 1.03 bits per heavy atom. The van der Waals surface area contributed by atoms with Crippen molar-refractivity contribution in [1.82, 2.24) is 10.2 Å². The van der Waals surface area contributed by atoms with Crippen LogP contribution in [0.3, 0.4) is 0 Å². The first kappa shape index (κ1) is 23.3. The number of halogens is 1. The summed E-state index contributed by atoms with van der Waals surface area (Å²) in [7, 11) is 0. The second-order valence-electron chi connectivity index (χ2n) is 8.37. The van der Waals surface area contributed by atoms with Gasteiger partial charge < -0.3 is 10.2 Å². The van der Waals surface area contributed by atoms with Gasteiger partial charge in [0.05, 0.1) is 0 Å². The zero-order chi connectivity index (χ0) is 22.1. The monoisotopic (exact) mass is 440 g/mol. The molecule has 1 atom stereocenters. The summed E-state index contributed by atoms with van der Waals surface area (Å²) in [6.07, 6.45) is 7.09. The van der Waals surface area contributed by atoms with Crippen LogP contribution in [0.1, 0.15) is 63.0 Å². The van der Waals surface area contributed by atoms with E-state index in [9.17, 15) is 9.59 Å². The third kappa shape index (κ3) is 6.83. The van der Waals surface area contributed by atoms with Crippen molar-refractivity contribution in [2.75, 3.05) is 0 Å². The molecule has 1 N–H and O–H groups in total. The molecule has 0 heterocycles. The Balaban J connectivity index is 1.73. The van der Waals surface area contributed by atoms with Crippen LogP contribution >= 0.6 is 11.6 Å². The molecule has 2 amide bonds. The van der Waals surface area contributed by atoms with Gasteiger partial charge in [-0.3, -0.25) is 9.59 Å². The maximum absolute atomic E-state index is 13.3. The van der Waals surface area contributed by atoms with E-state index in [1.54, 1.807) is 4.90 Å². The number of amides is 2. The zero-order valence-corrected chi connectivity index (χ0v) is 19.1. The Labute approximate surface area is 191 Å². The lowest BCUT2D eigenvalue weighted by Crippen LogP contribution is -2.51. The molecule has 5 heteroatoms. The molecule has 0 aromatic heterocycles. The molecule has 0 bridgehead atoms. The fourth-order valence-corrected chi connectivity index (χ4v) is 4.56. The van der Waals surface area contributed by atoms with Crippen molar-refractivity contribution in [1.29, 1.82) is 0 Å². The Morgan fingerprint density at radius 3 is 2.39 bits per heavy atom. The average Bonchev–Trinajstić information content (AvgIpc) is 2.79. The molecule has 4 nitrogen and oxygen atoms in total. The van der Waals surface area contributed by atoms with Crippen LogP contribution in [0, 0.1) is 0 Å². The number of benzene rings is 2. The molecule has 1 saturated carbocycles. The van der Waals surface area contributed by atoms with E-state index < -0.39 is 6.04 Å². The normalized spacial score (nSPS) is 15.3. The van der Waals surface area contributed by atoms with Gasteiger partial charge in [0, 0.05) is 24.0 Å². The number of hydrogen-bond acceptors (Lipinski definition) is 2. The SMILES string of the molecule is CC[C@H](C(=O)NC1CCCCC1)N(Cc1ccccc1)C(=O)CCc1ccccc1Cl. The summed E-state index contributed by atoms with van der Waals surface area (Å²) in [4.78, 5) is 28.3. The van der Waals surface area contributed by atoms with Crippen LogP contribution in [0.25, 0.3) is 0 Å². The highest BCUT2D eigenvalue weighted by atomic mass is 35.5. The number of nitrogens with zero attached hydrogens (tertiary/aromatic N) is 1. The van der Waals surface area contributed by atoms with Crippen molar-refractivity contribution in [2.24, 2.45) is 0 Å². The van der Waals surface area contributed by atoms with Gasteiger partial charge in [0.2, 0.25) is 11.8 Å². The number of aryl methyl sites for hydroxylation is 1. The van der Waals surface area contributed by atoms with Crippen molar-refractivity contribution >= 4 is 23.4 Å². The third-order valence-electron chi connectivity index (χ3n) is 6.10. The molecule has 0 aliphatic heterocycles. The molecule has 1 aliphatic carbocycles. The van der Waals surface area contributed by atoms with Crippen molar-refractivity contribution in [3.63, 3.8) is 0 Å².